The summed E-state index contributed by atoms with van der Waals surface area (Å²) in [5, 5.41) is 20.6. The van der Waals surface area contributed by atoms with Crippen molar-refractivity contribution in [1.82, 2.24) is 0 Å². The minimum absolute atomic E-state index is 0. The summed E-state index contributed by atoms with van der Waals surface area (Å²) in [6, 6.07) is 22.8. The van der Waals surface area contributed by atoms with Crippen LogP contribution in [0, 0.1) is 12.3 Å². The molecule has 8 nitrogen and oxygen atoms in total. The second kappa shape index (κ2) is 12.8. The van der Waals surface area contributed by atoms with Gasteiger partial charge in [0.25, 0.3) is 5.91 Å². The van der Waals surface area contributed by atoms with Gasteiger partial charge in [-0.05, 0) is 87.2 Å². The lowest BCUT2D eigenvalue weighted by Crippen LogP contribution is -2.37. The Morgan fingerprint density at radius 2 is 1.67 bits per heavy atom. The predicted octanol–water partition coefficient (Wildman–Crippen LogP) is 6.44. The number of carbonyl (C=O) groups excluding carboxylic acids is 1. The van der Waals surface area contributed by atoms with Crippen molar-refractivity contribution in [1.29, 1.82) is 5.41 Å². The molecule has 4 aromatic rings. The first kappa shape index (κ1) is 30.9. The largest absolute Gasteiger partial charge is 0.507 e. The molecular weight excluding hydrogens is 572 g/mol. The van der Waals surface area contributed by atoms with Gasteiger partial charge in [0.05, 0.1) is 0 Å². The van der Waals surface area contributed by atoms with Gasteiger partial charge in [-0.2, -0.15) is 0 Å². The van der Waals surface area contributed by atoms with E-state index in [1.165, 1.54) is 0 Å². The second-order valence-corrected chi connectivity index (χ2v) is 11.6. The van der Waals surface area contributed by atoms with E-state index in [2.05, 4.69) is 6.92 Å². The van der Waals surface area contributed by atoms with Gasteiger partial charge in [0.15, 0.2) is 12.6 Å². The van der Waals surface area contributed by atoms with Crippen LogP contribution in [0.3, 0.4) is 0 Å². The summed E-state index contributed by atoms with van der Waals surface area (Å²) in [6.45, 7) is 3.94. The summed E-state index contributed by atoms with van der Waals surface area (Å²) in [4.78, 5) is 13.7. The van der Waals surface area contributed by atoms with E-state index in [0.717, 1.165) is 63.2 Å². The number of benzene rings is 4. The SMILES string of the molecule is Cc1c2c(c3ccccc3c1O)OC(C)(CCSc1ccc(N(C(=N)N)c3ccc(OCC(N)=O)cc3)cc1)CC2.Cl. The number of carbonyl (C=O) groups is 1. The quantitative estimate of drug-likeness (QED) is 0.0978. The molecule has 1 aliphatic heterocycles. The number of phenols is 1. The summed E-state index contributed by atoms with van der Waals surface area (Å²) < 4.78 is 12.0. The number of thioether (sulfide) groups is 1. The third-order valence-corrected chi connectivity index (χ3v) is 8.49. The number of guanidine groups is 1. The number of nitrogens with two attached hydrogens (primary N) is 2. The fraction of sp³-hybridized carbons (Fsp3) is 0.250. The zero-order valence-electron chi connectivity index (χ0n) is 23.6. The van der Waals surface area contributed by atoms with Crippen LogP contribution in [0.2, 0.25) is 0 Å². The van der Waals surface area contributed by atoms with Crippen LogP contribution in [0.4, 0.5) is 11.4 Å². The fourth-order valence-electron chi connectivity index (χ4n) is 5.20. The van der Waals surface area contributed by atoms with Gasteiger partial charge in [-0.25, -0.2) is 0 Å². The number of ether oxygens (including phenoxy) is 2. The lowest BCUT2D eigenvalue weighted by Gasteiger charge is -2.37. The van der Waals surface area contributed by atoms with E-state index < -0.39 is 5.91 Å². The summed E-state index contributed by atoms with van der Waals surface area (Å²) in [5.74, 6) is 1.96. The van der Waals surface area contributed by atoms with Crippen LogP contribution in [0.15, 0.2) is 77.7 Å². The highest BCUT2D eigenvalue weighted by Gasteiger charge is 2.34. The first-order valence-corrected chi connectivity index (χ1v) is 14.4. The van der Waals surface area contributed by atoms with E-state index in [4.69, 9.17) is 26.4 Å². The van der Waals surface area contributed by atoms with Gasteiger partial charge in [0.2, 0.25) is 0 Å². The maximum Gasteiger partial charge on any atom is 0.255 e. The van der Waals surface area contributed by atoms with Gasteiger partial charge in [-0.3, -0.25) is 15.1 Å². The Balaban J connectivity index is 0.00000405. The number of hydrogen-bond acceptors (Lipinski definition) is 6. The molecule has 1 aliphatic rings. The minimum Gasteiger partial charge on any atom is -0.507 e. The summed E-state index contributed by atoms with van der Waals surface area (Å²) in [7, 11) is 0. The molecule has 0 spiro atoms. The van der Waals surface area contributed by atoms with Crippen molar-refractivity contribution in [2.24, 2.45) is 11.5 Å². The Bertz CT molecular complexity index is 1600. The number of nitrogens with zero attached hydrogens (tertiary/aromatic N) is 1. The molecule has 1 heterocycles. The van der Waals surface area contributed by atoms with Gasteiger partial charge >= 0.3 is 0 Å². The molecule has 1 unspecified atom stereocenters. The molecule has 5 rings (SSSR count). The van der Waals surface area contributed by atoms with Crippen molar-refractivity contribution >= 4 is 58.2 Å². The molecule has 220 valence electrons. The van der Waals surface area contributed by atoms with Crippen LogP contribution in [-0.4, -0.2) is 34.9 Å². The van der Waals surface area contributed by atoms with Gasteiger partial charge in [-0.1, -0.05) is 24.3 Å². The maximum absolute atomic E-state index is 10.9. The average molecular weight is 607 g/mol. The van der Waals surface area contributed by atoms with Crippen molar-refractivity contribution in [2.75, 3.05) is 17.3 Å². The Kier molecular flexibility index (Phi) is 9.43. The zero-order valence-corrected chi connectivity index (χ0v) is 25.2. The van der Waals surface area contributed by atoms with Gasteiger partial charge < -0.3 is 26.0 Å². The minimum atomic E-state index is -0.548. The Labute approximate surface area is 255 Å². The molecule has 6 N–H and O–H groups in total. The Hall–Kier alpha value is -4.08. The highest BCUT2D eigenvalue weighted by Crippen LogP contribution is 2.46. The van der Waals surface area contributed by atoms with Crippen LogP contribution in [0.5, 0.6) is 17.2 Å². The van der Waals surface area contributed by atoms with Crippen LogP contribution >= 0.6 is 24.2 Å². The Morgan fingerprint density at radius 3 is 2.29 bits per heavy atom. The van der Waals surface area contributed by atoms with Gasteiger partial charge in [0, 0.05) is 38.4 Å². The van der Waals surface area contributed by atoms with E-state index >= 15 is 0 Å². The molecule has 0 saturated heterocycles. The van der Waals surface area contributed by atoms with Gasteiger partial charge in [-0.15, -0.1) is 24.2 Å². The second-order valence-electron chi connectivity index (χ2n) is 10.4. The number of aromatic hydroxyl groups is 1. The molecule has 1 amide bonds. The number of hydrogen-bond donors (Lipinski definition) is 4. The number of fused-ring (bicyclic) bond motifs is 3. The number of nitrogens with one attached hydrogen (secondary N) is 1. The number of anilines is 2. The van der Waals surface area contributed by atoms with E-state index in [1.807, 2.05) is 55.5 Å². The number of amides is 1. The van der Waals surface area contributed by atoms with E-state index in [9.17, 15) is 9.90 Å². The van der Waals surface area contributed by atoms with Crippen LogP contribution in [-0.2, 0) is 11.2 Å². The fourth-order valence-corrected chi connectivity index (χ4v) is 6.29. The van der Waals surface area contributed by atoms with Crippen molar-refractivity contribution < 1.29 is 19.4 Å². The van der Waals surface area contributed by atoms with E-state index in [1.54, 1.807) is 40.9 Å². The third kappa shape index (κ3) is 6.53. The highest BCUT2D eigenvalue weighted by molar-refractivity contribution is 7.99. The van der Waals surface area contributed by atoms with Crippen molar-refractivity contribution in [3.63, 3.8) is 0 Å². The maximum atomic E-state index is 10.9. The highest BCUT2D eigenvalue weighted by atomic mass is 35.5. The number of halogens is 1. The number of rotatable bonds is 9. The first-order chi connectivity index (χ1) is 19.6. The molecule has 42 heavy (non-hydrogen) atoms. The molecule has 10 heteroatoms. The molecule has 0 radical (unpaired) electrons. The molecule has 0 aromatic heterocycles. The average Bonchev–Trinajstić information content (AvgIpc) is 2.96. The van der Waals surface area contributed by atoms with E-state index in [-0.39, 0.29) is 30.6 Å². The lowest BCUT2D eigenvalue weighted by atomic mass is 9.86. The molecule has 0 bridgehead atoms. The van der Waals surface area contributed by atoms with Crippen molar-refractivity contribution in [3.8, 4) is 17.2 Å². The van der Waals surface area contributed by atoms with Gasteiger partial charge in [0.1, 0.15) is 22.8 Å². The molecule has 4 aromatic carbocycles. The molecule has 0 saturated carbocycles. The van der Waals surface area contributed by atoms with Crippen molar-refractivity contribution in [2.45, 2.75) is 43.6 Å². The van der Waals surface area contributed by atoms with Crippen LogP contribution in [0.25, 0.3) is 10.8 Å². The third-order valence-electron chi connectivity index (χ3n) is 7.47. The summed E-state index contributed by atoms with van der Waals surface area (Å²) >= 11 is 1.76. The number of primary amides is 1. The lowest BCUT2D eigenvalue weighted by molar-refractivity contribution is -0.119. The topological polar surface area (TPSA) is 135 Å². The first-order valence-electron chi connectivity index (χ1n) is 13.5. The van der Waals surface area contributed by atoms with Crippen molar-refractivity contribution in [3.05, 3.63) is 83.9 Å². The molecular formula is C32H35ClN4O4S. The standard InChI is InChI=1S/C32H34N4O4S.ClH/c1-20-25-15-16-32(2,40-30(25)27-6-4-3-5-26(27)29(20)38)17-18-41-24-13-9-22(10-14-24)36(31(34)35)21-7-11-23(12-8-21)39-19-28(33)37;/h3-14,38H,15-19H2,1-2H3,(H2,33,37)(H3,34,35);1H. The zero-order chi connectivity index (χ0) is 29.1. The molecule has 0 fully saturated rings. The smallest absolute Gasteiger partial charge is 0.255 e. The molecule has 1 atom stereocenters. The van der Waals surface area contributed by atoms with E-state index in [0.29, 0.717) is 17.2 Å². The normalized spacial score (nSPS) is 15.7. The number of phenolic OH excluding ortho intramolecular Hbond substituents is 1. The monoisotopic (exact) mass is 606 g/mol. The van der Waals surface area contributed by atoms with Crippen LogP contribution < -0.4 is 25.8 Å². The Morgan fingerprint density at radius 1 is 1.05 bits per heavy atom. The molecule has 0 aliphatic carbocycles. The summed E-state index contributed by atoms with van der Waals surface area (Å²) in [5.41, 5.74) is 14.2. The summed E-state index contributed by atoms with van der Waals surface area (Å²) in [6.07, 6.45) is 2.63. The van der Waals surface area contributed by atoms with Crippen LogP contribution in [0.1, 0.15) is 30.9 Å². The predicted molar refractivity (Wildman–Crippen MR) is 172 cm³/mol.